The maximum absolute atomic E-state index is 4.25. The van der Waals surface area contributed by atoms with E-state index in [9.17, 15) is 0 Å². The number of hydrogen-bond donors (Lipinski definition) is 1. The van der Waals surface area contributed by atoms with Gasteiger partial charge < -0.3 is 5.32 Å². The van der Waals surface area contributed by atoms with Crippen LogP contribution in [-0.2, 0) is 6.42 Å². The highest BCUT2D eigenvalue weighted by atomic mass is 32.2. The molecule has 1 fully saturated rings. The second-order valence-electron chi connectivity index (χ2n) is 5.54. The summed E-state index contributed by atoms with van der Waals surface area (Å²) >= 11 is 4.30. The number of pyridine rings is 1. The lowest BCUT2D eigenvalue weighted by Crippen LogP contribution is -2.45. The van der Waals surface area contributed by atoms with E-state index in [0.29, 0.717) is 11.3 Å². The van der Waals surface area contributed by atoms with Crippen LogP contribution in [-0.4, -0.2) is 39.1 Å². The fourth-order valence-corrected chi connectivity index (χ4v) is 5.59. The van der Waals surface area contributed by atoms with Crippen LogP contribution in [0.25, 0.3) is 0 Å². The van der Waals surface area contributed by atoms with Crippen LogP contribution in [0.3, 0.4) is 0 Å². The van der Waals surface area contributed by atoms with Gasteiger partial charge in [-0.15, -0.1) is 0 Å². The summed E-state index contributed by atoms with van der Waals surface area (Å²) in [6.45, 7) is 8.07. The van der Waals surface area contributed by atoms with E-state index in [-0.39, 0.29) is 0 Å². The van der Waals surface area contributed by atoms with Gasteiger partial charge in [-0.3, -0.25) is 4.98 Å². The third-order valence-corrected chi connectivity index (χ3v) is 7.41. The van der Waals surface area contributed by atoms with E-state index in [2.05, 4.69) is 60.7 Å². The summed E-state index contributed by atoms with van der Waals surface area (Å²) in [7, 11) is 0. The molecule has 1 saturated heterocycles. The van der Waals surface area contributed by atoms with Crippen molar-refractivity contribution in [3.8, 4) is 0 Å². The Morgan fingerprint density at radius 1 is 1.40 bits per heavy atom. The Bertz CT molecular complexity index is 385. The quantitative estimate of drug-likeness (QED) is 0.867. The molecule has 0 spiro atoms. The van der Waals surface area contributed by atoms with E-state index in [1.54, 1.807) is 0 Å². The molecule has 0 bridgehead atoms. The Kier molecular flexibility index (Phi) is 6.72. The zero-order valence-electron chi connectivity index (χ0n) is 12.7. The van der Waals surface area contributed by atoms with Gasteiger partial charge in [-0.1, -0.05) is 26.8 Å². The Labute approximate surface area is 131 Å². The minimum atomic E-state index is 0.562. The van der Waals surface area contributed by atoms with Gasteiger partial charge in [0.15, 0.2) is 0 Å². The van der Waals surface area contributed by atoms with Gasteiger partial charge >= 0.3 is 0 Å². The predicted octanol–water partition coefficient (Wildman–Crippen LogP) is 3.62. The molecule has 0 radical (unpaired) electrons. The van der Waals surface area contributed by atoms with Gasteiger partial charge in [0.1, 0.15) is 0 Å². The van der Waals surface area contributed by atoms with Gasteiger partial charge in [0, 0.05) is 39.9 Å². The van der Waals surface area contributed by atoms with Crippen molar-refractivity contribution in [3.05, 3.63) is 30.1 Å². The van der Waals surface area contributed by atoms with Crippen molar-refractivity contribution in [2.45, 2.75) is 55.4 Å². The Hall–Kier alpha value is -0.190. The molecule has 2 rings (SSSR count). The van der Waals surface area contributed by atoms with Crippen molar-refractivity contribution >= 4 is 23.5 Å². The lowest BCUT2D eigenvalue weighted by Gasteiger charge is -2.36. The van der Waals surface area contributed by atoms with Crippen LogP contribution >= 0.6 is 23.5 Å². The van der Waals surface area contributed by atoms with Gasteiger partial charge in [0.2, 0.25) is 0 Å². The standard InChI is InChI=1S/C16H26N2S2/c1-4-7-18-15(9-14-6-5-8-17-10-14)16-11-19-12(2)13(3)20-16/h5-6,8,10,12-13,15-16,18H,4,7,9,11H2,1-3H3. The van der Waals surface area contributed by atoms with Crippen molar-refractivity contribution in [2.24, 2.45) is 0 Å². The van der Waals surface area contributed by atoms with Crippen molar-refractivity contribution in [1.82, 2.24) is 10.3 Å². The summed E-state index contributed by atoms with van der Waals surface area (Å²) in [6.07, 6.45) is 6.15. The zero-order chi connectivity index (χ0) is 14.4. The highest BCUT2D eigenvalue weighted by Gasteiger charge is 2.31. The molecule has 4 atom stereocenters. The molecule has 1 aliphatic rings. The van der Waals surface area contributed by atoms with Crippen LogP contribution in [0.4, 0.5) is 0 Å². The summed E-state index contributed by atoms with van der Waals surface area (Å²) in [4.78, 5) is 4.25. The molecule has 4 heteroatoms. The van der Waals surface area contributed by atoms with Crippen LogP contribution in [0.15, 0.2) is 24.5 Å². The van der Waals surface area contributed by atoms with Crippen LogP contribution in [0.2, 0.25) is 0 Å². The highest BCUT2D eigenvalue weighted by molar-refractivity contribution is 8.07. The van der Waals surface area contributed by atoms with Crippen LogP contribution in [0, 0.1) is 0 Å². The molecule has 0 aliphatic carbocycles. The third kappa shape index (κ3) is 4.68. The summed E-state index contributed by atoms with van der Waals surface area (Å²) in [5.41, 5.74) is 1.35. The smallest absolute Gasteiger partial charge is 0.0300 e. The van der Waals surface area contributed by atoms with Crippen molar-refractivity contribution in [2.75, 3.05) is 12.3 Å². The molecule has 1 aromatic heterocycles. The number of hydrogen-bond acceptors (Lipinski definition) is 4. The third-order valence-electron chi connectivity index (χ3n) is 3.86. The largest absolute Gasteiger partial charge is 0.313 e. The molecular weight excluding hydrogens is 284 g/mol. The van der Waals surface area contributed by atoms with E-state index in [1.807, 2.05) is 18.5 Å². The topological polar surface area (TPSA) is 24.9 Å². The molecule has 1 aromatic rings. The number of rotatable bonds is 6. The number of thioether (sulfide) groups is 2. The molecule has 2 heterocycles. The first-order valence-corrected chi connectivity index (χ1v) is 9.59. The Morgan fingerprint density at radius 3 is 2.90 bits per heavy atom. The number of nitrogens with zero attached hydrogens (tertiary/aromatic N) is 1. The number of nitrogens with one attached hydrogen (secondary N) is 1. The second-order valence-corrected chi connectivity index (χ2v) is 8.58. The van der Waals surface area contributed by atoms with E-state index in [4.69, 9.17) is 0 Å². The predicted molar refractivity (Wildman–Crippen MR) is 92.8 cm³/mol. The maximum Gasteiger partial charge on any atom is 0.0300 e. The minimum Gasteiger partial charge on any atom is -0.313 e. The summed E-state index contributed by atoms with van der Waals surface area (Å²) in [5.74, 6) is 1.26. The van der Waals surface area contributed by atoms with E-state index < -0.39 is 0 Å². The Balaban J connectivity index is 1.99. The SMILES string of the molecule is CCCNC(Cc1cccnc1)C1CSC(C)C(C)S1. The molecule has 0 saturated carbocycles. The molecule has 1 aliphatic heterocycles. The van der Waals surface area contributed by atoms with E-state index >= 15 is 0 Å². The normalized spacial score (nSPS) is 28.2. The molecule has 1 N–H and O–H groups in total. The monoisotopic (exact) mass is 310 g/mol. The van der Waals surface area contributed by atoms with Gasteiger partial charge in [-0.25, -0.2) is 0 Å². The lowest BCUT2D eigenvalue weighted by molar-refractivity contribution is 0.503. The first-order valence-electron chi connectivity index (χ1n) is 7.60. The average molecular weight is 311 g/mol. The zero-order valence-corrected chi connectivity index (χ0v) is 14.3. The highest BCUT2D eigenvalue weighted by Crippen LogP contribution is 2.37. The molecule has 0 amide bonds. The molecule has 0 aromatic carbocycles. The Morgan fingerprint density at radius 2 is 2.25 bits per heavy atom. The van der Waals surface area contributed by atoms with E-state index in [0.717, 1.165) is 23.5 Å². The van der Waals surface area contributed by atoms with Crippen LogP contribution < -0.4 is 5.32 Å². The maximum atomic E-state index is 4.25. The fourth-order valence-electron chi connectivity index (χ4n) is 2.46. The molecular formula is C16H26N2S2. The van der Waals surface area contributed by atoms with Crippen LogP contribution in [0.5, 0.6) is 0 Å². The molecule has 4 unspecified atom stereocenters. The number of aromatic nitrogens is 1. The minimum absolute atomic E-state index is 0.562. The summed E-state index contributed by atoms with van der Waals surface area (Å²) in [6, 6.07) is 4.80. The average Bonchev–Trinajstić information content (AvgIpc) is 2.47. The van der Waals surface area contributed by atoms with E-state index in [1.165, 1.54) is 17.7 Å². The van der Waals surface area contributed by atoms with Gasteiger partial charge in [-0.2, -0.15) is 23.5 Å². The summed E-state index contributed by atoms with van der Waals surface area (Å²) in [5, 5.41) is 6.00. The second kappa shape index (κ2) is 8.30. The molecule has 112 valence electrons. The van der Waals surface area contributed by atoms with Gasteiger partial charge in [-0.05, 0) is 31.0 Å². The first kappa shape index (κ1) is 16.2. The first-order chi connectivity index (χ1) is 9.70. The van der Waals surface area contributed by atoms with Gasteiger partial charge in [0.25, 0.3) is 0 Å². The summed E-state index contributed by atoms with van der Waals surface area (Å²) < 4.78 is 0. The fraction of sp³-hybridized carbons (Fsp3) is 0.688. The lowest BCUT2D eigenvalue weighted by atomic mass is 10.1. The van der Waals surface area contributed by atoms with Crippen molar-refractivity contribution in [3.63, 3.8) is 0 Å². The van der Waals surface area contributed by atoms with Crippen LogP contribution in [0.1, 0.15) is 32.8 Å². The molecule has 2 nitrogen and oxygen atoms in total. The van der Waals surface area contributed by atoms with Crippen molar-refractivity contribution in [1.29, 1.82) is 0 Å². The van der Waals surface area contributed by atoms with Crippen molar-refractivity contribution < 1.29 is 0 Å². The van der Waals surface area contributed by atoms with Gasteiger partial charge in [0.05, 0.1) is 0 Å². The molecule has 20 heavy (non-hydrogen) atoms.